The predicted octanol–water partition coefficient (Wildman–Crippen LogP) is 1.73. The molecule has 0 bridgehead atoms. The molecule has 4 rings (SSSR count). The van der Waals surface area contributed by atoms with Crippen LogP contribution >= 0.6 is 11.6 Å². The number of aromatic nitrogens is 2. The Labute approximate surface area is 178 Å². The molecule has 2 amide bonds. The van der Waals surface area contributed by atoms with E-state index in [-0.39, 0.29) is 30.1 Å². The molecule has 1 aromatic heterocycles. The van der Waals surface area contributed by atoms with Gasteiger partial charge in [0.1, 0.15) is 6.17 Å². The monoisotopic (exact) mass is 434 g/mol. The van der Waals surface area contributed by atoms with E-state index in [4.69, 9.17) is 17.4 Å². The lowest BCUT2D eigenvalue weighted by Gasteiger charge is -2.33. The summed E-state index contributed by atoms with van der Waals surface area (Å²) in [6.45, 7) is 0. The van der Waals surface area contributed by atoms with Crippen molar-refractivity contribution in [3.63, 3.8) is 0 Å². The second-order valence-electron chi connectivity index (χ2n) is 7.44. The van der Waals surface area contributed by atoms with Crippen LogP contribution < -0.4 is 27.1 Å². The Morgan fingerprint density at radius 2 is 2.13 bits per heavy atom. The number of dihydropyridines is 1. The van der Waals surface area contributed by atoms with Crippen molar-refractivity contribution in [2.75, 3.05) is 12.4 Å². The van der Waals surface area contributed by atoms with Gasteiger partial charge in [-0.25, -0.2) is 25.0 Å². The lowest BCUT2D eigenvalue weighted by molar-refractivity contribution is 0.232. The van der Waals surface area contributed by atoms with Crippen molar-refractivity contribution in [3.8, 4) is 0 Å². The largest absolute Gasteiger partial charge is 0.365 e. The molecule has 0 radical (unpaired) electrons. The minimum Gasteiger partial charge on any atom is -0.365 e. The molecular formula is C19H24ClFN8O. The quantitative estimate of drug-likeness (QED) is 0.458. The minimum atomic E-state index is -0.559. The fourth-order valence-corrected chi connectivity index (χ4v) is 4.15. The molecule has 0 aromatic carbocycles. The number of nitrogens with zero attached hydrogens (tertiary/aromatic N) is 3. The van der Waals surface area contributed by atoms with Crippen LogP contribution in [0, 0.1) is 5.82 Å². The van der Waals surface area contributed by atoms with E-state index < -0.39 is 5.82 Å². The number of carbonyl (C=O) groups is 1. The first-order chi connectivity index (χ1) is 14.5. The predicted molar refractivity (Wildman–Crippen MR) is 112 cm³/mol. The number of nitrogens with two attached hydrogens (primary N) is 1. The SMILES string of the molecule is CNC(=O)N[C@H]1CCCC[C@@H]1Nc1nc(C2=CN(N)C3NC=C(Cl)C=C23)ncc1F. The van der Waals surface area contributed by atoms with Gasteiger partial charge in [-0.3, -0.25) is 5.01 Å². The van der Waals surface area contributed by atoms with Gasteiger partial charge >= 0.3 is 6.03 Å². The second kappa shape index (κ2) is 8.49. The summed E-state index contributed by atoms with van der Waals surface area (Å²) < 4.78 is 14.5. The van der Waals surface area contributed by atoms with Gasteiger partial charge in [0.05, 0.1) is 17.3 Å². The van der Waals surface area contributed by atoms with Gasteiger partial charge in [-0.2, -0.15) is 0 Å². The Morgan fingerprint density at radius 1 is 1.37 bits per heavy atom. The summed E-state index contributed by atoms with van der Waals surface area (Å²) in [6, 6.07) is -0.526. The van der Waals surface area contributed by atoms with Crippen LogP contribution in [-0.4, -0.2) is 46.3 Å². The Bertz CT molecular complexity index is 933. The molecule has 160 valence electrons. The minimum absolute atomic E-state index is 0.0922. The number of urea groups is 1. The molecule has 1 saturated carbocycles. The Hall–Kier alpha value is -2.85. The summed E-state index contributed by atoms with van der Waals surface area (Å²) in [5.74, 6) is 5.92. The maximum Gasteiger partial charge on any atom is 0.314 e. The van der Waals surface area contributed by atoms with Gasteiger partial charge in [0.15, 0.2) is 17.5 Å². The molecule has 11 heteroatoms. The molecule has 2 aliphatic heterocycles. The van der Waals surface area contributed by atoms with E-state index in [2.05, 4.69) is 31.2 Å². The van der Waals surface area contributed by atoms with Crippen molar-refractivity contribution in [3.05, 3.63) is 46.9 Å². The van der Waals surface area contributed by atoms with Crippen LogP contribution in [0.15, 0.2) is 35.3 Å². The standard InChI is InChI=1S/C19H24ClFN8O/c1-23-19(30)27-15-5-3-2-4-14(15)26-17-13(21)8-24-16(28-17)12-9-29(22)18-11(12)6-10(20)7-25-18/h6-9,14-15,18,25H,2-5,22H2,1H3,(H2,23,27,30)(H,24,26,28)/t14-,15-,18?/m0/s1. The van der Waals surface area contributed by atoms with Gasteiger partial charge in [-0.15, -0.1) is 0 Å². The zero-order valence-corrected chi connectivity index (χ0v) is 17.2. The molecular weight excluding hydrogens is 411 g/mol. The summed E-state index contributed by atoms with van der Waals surface area (Å²) in [4.78, 5) is 20.3. The first-order valence-electron chi connectivity index (χ1n) is 9.82. The number of anilines is 1. The van der Waals surface area contributed by atoms with Crippen molar-refractivity contribution >= 4 is 29.0 Å². The van der Waals surface area contributed by atoms with Crippen molar-refractivity contribution < 1.29 is 9.18 Å². The molecule has 0 spiro atoms. The summed E-state index contributed by atoms with van der Waals surface area (Å²) in [6.07, 6.45) is 9.58. The topological polar surface area (TPSA) is 120 Å². The number of halogens is 2. The van der Waals surface area contributed by atoms with Gasteiger partial charge in [-0.05, 0) is 18.9 Å². The van der Waals surface area contributed by atoms with E-state index in [1.807, 2.05) is 0 Å². The third-order valence-electron chi connectivity index (χ3n) is 5.47. The van der Waals surface area contributed by atoms with Crippen LogP contribution in [0.25, 0.3) is 5.57 Å². The van der Waals surface area contributed by atoms with Crippen LogP contribution in [-0.2, 0) is 0 Å². The summed E-state index contributed by atoms with van der Waals surface area (Å²) >= 11 is 6.12. The number of amides is 2. The number of hydrogen-bond donors (Lipinski definition) is 5. The lowest BCUT2D eigenvalue weighted by atomic mass is 9.90. The molecule has 6 N–H and O–H groups in total. The average molecular weight is 435 g/mol. The third-order valence-corrected chi connectivity index (χ3v) is 5.69. The maximum atomic E-state index is 14.5. The van der Waals surface area contributed by atoms with Gasteiger partial charge < -0.3 is 21.3 Å². The van der Waals surface area contributed by atoms with Gasteiger partial charge in [0.25, 0.3) is 0 Å². The summed E-state index contributed by atoms with van der Waals surface area (Å²) in [5.41, 5.74) is 1.47. The Balaban J connectivity index is 1.59. The second-order valence-corrected chi connectivity index (χ2v) is 7.88. The lowest BCUT2D eigenvalue weighted by Crippen LogP contribution is -2.51. The van der Waals surface area contributed by atoms with Crippen LogP contribution in [0.1, 0.15) is 31.5 Å². The van der Waals surface area contributed by atoms with E-state index in [9.17, 15) is 9.18 Å². The maximum absolute atomic E-state index is 14.5. The number of nitrogens with one attached hydrogen (secondary N) is 4. The highest BCUT2D eigenvalue weighted by molar-refractivity contribution is 6.31. The smallest absolute Gasteiger partial charge is 0.314 e. The first kappa shape index (κ1) is 20.4. The average Bonchev–Trinajstić information content (AvgIpc) is 3.06. The molecule has 0 saturated heterocycles. The molecule has 3 heterocycles. The number of carbonyl (C=O) groups excluding carboxylic acids is 1. The summed E-state index contributed by atoms with van der Waals surface area (Å²) in [7, 11) is 1.57. The highest BCUT2D eigenvalue weighted by atomic mass is 35.5. The van der Waals surface area contributed by atoms with Crippen molar-refractivity contribution in [1.82, 2.24) is 30.9 Å². The third kappa shape index (κ3) is 4.05. The van der Waals surface area contributed by atoms with Gasteiger partial charge in [-0.1, -0.05) is 24.4 Å². The van der Waals surface area contributed by atoms with E-state index in [1.54, 1.807) is 25.5 Å². The number of fused-ring (bicyclic) bond motifs is 1. The molecule has 1 aliphatic carbocycles. The zero-order chi connectivity index (χ0) is 21.3. The van der Waals surface area contributed by atoms with E-state index >= 15 is 0 Å². The highest BCUT2D eigenvalue weighted by Crippen LogP contribution is 2.34. The van der Waals surface area contributed by atoms with Crippen molar-refractivity contribution in [2.45, 2.75) is 43.9 Å². The van der Waals surface area contributed by atoms with Crippen LogP contribution in [0.4, 0.5) is 15.0 Å². The number of allylic oxidation sites excluding steroid dienone is 2. The Morgan fingerprint density at radius 3 is 2.90 bits per heavy atom. The fraction of sp³-hybridized carbons (Fsp3) is 0.421. The zero-order valence-electron chi connectivity index (χ0n) is 16.5. The van der Waals surface area contributed by atoms with Crippen LogP contribution in [0.2, 0.25) is 0 Å². The van der Waals surface area contributed by atoms with E-state index in [0.717, 1.165) is 37.5 Å². The molecule has 1 aromatic rings. The van der Waals surface area contributed by atoms with Crippen LogP contribution in [0.5, 0.6) is 0 Å². The fourth-order valence-electron chi connectivity index (χ4n) is 3.96. The molecule has 30 heavy (non-hydrogen) atoms. The molecule has 9 nitrogen and oxygen atoms in total. The molecule has 1 fully saturated rings. The molecule has 3 atom stereocenters. The number of hydrogen-bond acceptors (Lipinski definition) is 7. The normalized spacial score (nSPS) is 25.4. The first-order valence-corrected chi connectivity index (χ1v) is 10.2. The van der Waals surface area contributed by atoms with E-state index in [1.165, 1.54) is 5.01 Å². The molecule has 3 aliphatic rings. The van der Waals surface area contributed by atoms with Gasteiger partial charge in [0.2, 0.25) is 0 Å². The van der Waals surface area contributed by atoms with Crippen molar-refractivity contribution in [1.29, 1.82) is 0 Å². The number of rotatable bonds is 4. The molecule has 1 unspecified atom stereocenters. The van der Waals surface area contributed by atoms with Crippen molar-refractivity contribution in [2.24, 2.45) is 5.84 Å². The highest BCUT2D eigenvalue weighted by Gasteiger charge is 2.33. The van der Waals surface area contributed by atoms with E-state index in [0.29, 0.717) is 16.4 Å². The Kier molecular flexibility index (Phi) is 5.78. The van der Waals surface area contributed by atoms with Gasteiger partial charge in [0, 0.05) is 36.6 Å². The number of hydrazine groups is 1. The summed E-state index contributed by atoms with van der Waals surface area (Å²) in [5, 5.41) is 13.8. The van der Waals surface area contributed by atoms with Crippen LogP contribution in [0.3, 0.4) is 0 Å².